The van der Waals surface area contributed by atoms with Crippen LogP contribution in [0.25, 0.3) is 10.8 Å². The predicted molar refractivity (Wildman–Crippen MR) is 85.3 cm³/mol. The maximum Gasteiger partial charge on any atom is 0.332 e. The fraction of sp³-hybridized carbons (Fsp3) is 0.294. The molecule has 21 heavy (non-hydrogen) atoms. The van der Waals surface area contributed by atoms with Crippen LogP contribution in [-0.2, 0) is 0 Å². The lowest BCUT2D eigenvalue weighted by Gasteiger charge is -2.24. The lowest BCUT2D eigenvalue weighted by Crippen LogP contribution is -2.28. The van der Waals surface area contributed by atoms with Gasteiger partial charge in [-0.2, -0.15) is 5.10 Å². The van der Waals surface area contributed by atoms with Crippen molar-refractivity contribution in [2.45, 2.75) is 31.6 Å². The van der Waals surface area contributed by atoms with E-state index >= 15 is 0 Å². The maximum atomic E-state index is 10.9. The number of nitrogens with zero attached hydrogens (tertiary/aromatic N) is 1. The average Bonchev–Trinajstić information content (AvgIpc) is 2.52. The number of hydrogen-bond acceptors (Lipinski definition) is 2. The van der Waals surface area contributed by atoms with Crippen molar-refractivity contribution >= 4 is 22.5 Å². The van der Waals surface area contributed by atoms with Gasteiger partial charge in [-0.25, -0.2) is 10.2 Å². The minimum absolute atomic E-state index is 0.273. The van der Waals surface area contributed by atoms with Crippen LogP contribution in [0.3, 0.4) is 0 Å². The number of benzene rings is 2. The van der Waals surface area contributed by atoms with Crippen molar-refractivity contribution in [3.8, 4) is 0 Å². The third-order valence-electron chi connectivity index (χ3n) is 4.06. The van der Waals surface area contributed by atoms with Crippen LogP contribution in [-0.4, -0.2) is 11.7 Å². The lowest BCUT2D eigenvalue weighted by atomic mass is 9.82. The van der Waals surface area contributed by atoms with E-state index in [1.165, 1.54) is 22.8 Å². The SMILES string of the molecule is NC(=O)N/N=C1/CCCC[C@@H]1c1ccc2ccccc2c1. The largest absolute Gasteiger partial charge is 0.350 e. The average molecular weight is 281 g/mol. The van der Waals surface area contributed by atoms with Crippen LogP contribution < -0.4 is 11.2 Å². The first-order valence-corrected chi connectivity index (χ1v) is 7.34. The Morgan fingerprint density at radius 3 is 2.76 bits per heavy atom. The van der Waals surface area contributed by atoms with E-state index in [-0.39, 0.29) is 5.92 Å². The highest BCUT2D eigenvalue weighted by Gasteiger charge is 2.22. The molecule has 0 aliphatic heterocycles. The summed E-state index contributed by atoms with van der Waals surface area (Å²) in [5, 5.41) is 6.69. The zero-order valence-electron chi connectivity index (χ0n) is 11.9. The Morgan fingerprint density at radius 2 is 1.95 bits per heavy atom. The molecule has 0 spiro atoms. The predicted octanol–water partition coefficient (Wildman–Crippen LogP) is 3.52. The third kappa shape index (κ3) is 3.05. The summed E-state index contributed by atoms with van der Waals surface area (Å²) in [6.07, 6.45) is 4.28. The molecule has 1 saturated carbocycles. The van der Waals surface area contributed by atoms with Gasteiger partial charge >= 0.3 is 6.03 Å². The van der Waals surface area contributed by atoms with Gasteiger partial charge in [-0.05, 0) is 35.6 Å². The number of carbonyl (C=O) groups excluding carboxylic acids is 1. The van der Waals surface area contributed by atoms with Crippen molar-refractivity contribution in [2.24, 2.45) is 10.8 Å². The van der Waals surface area contributed by atoms with Crippen LogP contribution in [0, 0.1) is 0 Å². The van der Waals surface area contributed by atoms with Crippen molar-refractivity contribution < 1.29 is 4.79 Å². The minimum Gasteiger partial charge on any atom is -0.350 e. The number of hydrogen-bond donors (Lipinski definition) is 2. The van der Waals surface area contributed by atoms with Gasteiger partial charge in [0.1, 0.15) is 0 Å². The summed E-state index contributed by atoms with van der Waals surface area (Å²) in [5.41, 5.74) is 9.78. The molecule has 2 aromatic carbocycles. The molecule has 0 bridgehead atoms. The van der Waals surface area contributed by atoms with E-state index < -0.39 is 6.03 Å². The minimum atomic E-state index is -0.606. The Balaban J connectivity index is 1.94. The first-order chi connectivity index (χ1) is 10.2. The Labute approximate surface area is 124 Å². The van der Waals surface area contributed by atoms with Gasteiger partial charge in [-0.3, -0.25) is 0 Å². The molecule has 3 rings (SSSR count). The second-order valence-electron chi connectivity index (χ2n) is 5.48. The first-order valence-electron chi connectivity index (χ1n) is 7.34. The molecule has 1 aliphatic rings. The molecule has 1 fully saturated rings. The Hall–Kier alpha value is -2.36. The van der Waals surface area contributed by atoms with Gasteiger partial charge in [0.15, 0.2) is 0 Å². The normalized spacial score (nSPS) is 20.6. The van der Waals surface area contributed by atoms with Gasteiger partial charge < -0.3 is 5.73 Å². The van der Waals surface area contributed by atoms with Crippen LogP contribution in [0.4, 0.5) is 4.79 Å². The van der Waals surface area contributed by atoms with E-state index in [1.807, 2.05) is 6.07 Å². The molecule has 2 aromatic rings. The molecule has 0 aromatic heterocycles. The van der Waals surface area contributed by atoms with E-state index in [2.05, 4.69) is 46.9 Å². The summed E-state index contributed by atoms with van der Waals surface area (Å²) in [4.78, 5) is 10.9. The molecule has 108 valence electrons. The summed E-state index contributed by atoms with van der Waals surface area (Å²) in [6, 6.07) is 14.3. The fourth-order valence-electron chi connectivity index (χ4n) is 3.04. The number of primary amides is 1. The number of rotatable bonds is 2. The summed E-state index contributed by atoms with van der Waals surface area (Å²) in [7, 11) is 0. The van der Waals surface area contributed by atoms with Crippen LogP contribution in [0.15, 0.2) is 47.6 Å². The number of hydrazone groups is 1. The van der Waals surface area contributed by atoms with E-state index in [1.54, 1.807) is 0 Å². The molecule has 0 radical (unpaired) electrons. The molecule has 0 saturated heterocycles. The highest BCUT2D eigenvalue weighted by atomic mass is 16.2. The van der Waals surface area contributed by atoms with Gasteiger partial charge in [-0.15, -0.1) is 0 Å². The molecule has 1 atom stereocenters. The maximum absolute atomic E-state index is 10.9. The molecule has 1 aliphatic carbocycles. The van der Waals surface area contributed by atoms with E-state index in [9.17, 15) is 4.79 Å². The number of fused-ring (bicyclic) bond motifs is 1. The zero-order valence-corrected chi connectivity index (χ0v) is 11.9. The fourth-order valence-corrected chi connectivity index (χ4v) is 3.04. The lowest BCUT2D eigenvalue weighted by molar-refractivity contribution is 0.249. The number of nitrogens with one attached hydrogen (secondary N) is 1. The van der Waals surface area contributed by atoms with Crippen molar-refractivity contribution in [3.63, 3.8) is 0 Å². The smallest absolute Gasteiger partial charge is 0.332 e. The topological polar surface area (TPSA) is 67.5 Å². The second kappa shape index (κ2) is 5.95. The Kier molecular flexibility index (Phi) is 3.86. The van der Waals surface area contributed by atoms with Gasteiger partial charge in [0.2, 0.25) is 0 Å². The van der Waals surface area contributed by atoms with E-state index in [0.717, 1.165) is 25.0 Å². The standard InChI is InChI=1S/C17H19N3O/c18-17(21)20-19-16-8-4-3-7-15(16)14-10-9-12-5-1-2-6-13(12)11-14/h1-2,5-6,9-11,15H,3-4,7-8H2,(H3,18,20,21)/b19-16-/t15-/m1/s1. The summed E-state index contributed by atoms with van der Waals surface area (Å²) in [5.74, 6) is 0.273. The quantitative estimate of drug-likeness (QED) is 0.812. The van der Waals surface area contributed by atoms with E-state index in [0.29, 0.717) is 0 Å². The zero-order chi connectivity index (χ0) is 14.7. The highest BCUT2D eigenvalue weighted by molar-refractivity contribution is 5.93. The van der Waals surface area contributed by atoms with Gasteiger partial charge in [0, 0.05) is 11.6 Å². The van der Waals surface area contributed by atoms with Crippen molar-refractivity contribution in [3.05, 3.63) is 48.0 Å². The highest BCUT2D eigenvalue weighted by Crippen LogP contribution is 2.32. The number of nitrogens with two attached hydrogens (primary N) is 1. The van der Waals surface area contributed by atoms with Gasteiger partial charge in [0.25, 0.3) is 0 Å². The molecular formula is C17H19N3O. The van der Waals surface area contributed by atoms with E-state index in [4.69, 9.17) is 5.73 Å². The van der Waals surface area contributed by atoms with Gasteiger partial charge in [-0.1, -0.05) is 48.9 Å². The molecule has 4 heteroatoms. The summed E-state index contributed by atoms with van der Waals surface area (Å²) < 4.78 is 0. The molecule has 3 N–H and O–H groups in total. The van der Waals surface area contributed by atoms with Crippen LogP contribution in [0.5, 0.6) is 0 Å². The molecule has 2 amide bonds. The Morgan fingerprint density at radius 1 is 1.14 bits per heavy atom. The molecular weight excluding hydrogens is 262 g/mol. The third-order valence-corrected chi connectivity index (χ3v) is 4.06. The van der Waals surface area contributed by atoms with Crippen LogP contribution in [0.1, 0.15) is 37.2 Å². The number of urea groups is 1. The molecule has 0 heterocycles. The van der Waals surface area contributed by atoms with Crippen LogP contribution in [0.2, 0.25) is 0 Å². The number of amides is 2. The van der Waals surface area contributed by atoms with Gasteiger partial charge in [0.05, 0.1) is 0 Å². The summed E-state index contributed by atoms with van der Waals surface area (Å²) in [6.45, 7) is 0. The second-order valence-corrected chi connectivity index (χ2v) is 5.48. The number of carbonyl (C=O) groups is 1. The Bertz CT molecular complexity index is 693. The summed E-state index contributed by atoms with van der Waals surface area (Å²) >= 11 is 0. The van der Waals surface area contributed by atoms with Crippen molar-refractivity contribution in [2.75, 3.05) is 0 Å². The van der Waals surface area contributed by atoms with Crippen molar-refractivity contribution in [1.82, 2.24) is 5.43 Å². The monoisotopic (exact) mass is 281 g/mol. The molecule has 0 unspecified atom stereocenters. The molecule has 4 nitrogen and oxygen atoms in total. The van der Waals surface area contributed by atoms with Crippen LogP contribution >= 0.6 is 0 Å². The first kappa shape index (κ1) is 13.6. The van der Waals surface area contributed by atoms with Crippen molar-refractivity contribution in [1.29, 1.82) is 0 Å².